The second kappa shape index (κ2) is 5.94. The maximum Gasteiger partial charge on any atom is 0.389 e. The van der Waals surface area contributed by atoms with Gasteiger partial charge in [0.05, 0.1) is 0 Å². The number of halogens is 3. The van der Waals surface area contributed by atoms with Gasteiger partial charge in [0.2, 0.25) is 0 Å². The molecule has 0 fully saturated rings. The molecule has 0 amide bonds. The van der Waals surface area contributed by atoms with E-state index in [0.717, 1.165) is 0 Å². The molecular weight excluding hydrogens is 287 g/mol. The number of carboxylic acids is 1. The van der Waals surface area contributed by atoms with E-state index < -0.39 is 18.6 Å². The Hall–Kier alpha value is -2.38. The first-order valence-electron chi connectivity index (χ1n) is 6.17. The van der Waals surface area contributed by atoms with Crippen molar-refractivity contribution < 1.29 is 23.1 Å². The Balaban J connectivity index is 2.28. The number of aryl methyl sites for hydroxylation is 1. The Bertz CT molecular complexity index is 623. The number of benzene rings is 1. The van der Waals surface area contributed by atoms with Gasteiger partial charge in [-0.25, -0.2) is 9.48 Å². The lowest BCUT2D eigenvalue weighted by Crippen LogP contribution is -2.11. The fraction of sp³-hybridized carbons (Fsp3) is 0.308. The van der Waals surface area contributed by atoms with Crippen molar-refractivity contribution in [3.05, 3.63) is 36.0 Å². The van der Waals surface area contributed by atoms with Gasteiger partial charge in [-0.05, 0) is 6.42 Å². The number of aromatic carboxylic acids is 1. The maximum atomic E-state index is 12.2. The molecule has 1 aromatic heterocycles. The van der Waals surface area contributed by atoms with E-state index in [2.05, 4.69) is 10.3 Å². The molecule has 0 saturated heterocycles. The molecule has 0 unspecified atom stereocenters. The second-order valence-electron chi connectivity index (χ2n) is 4.40. The van der Waals surface area contributed by atoms with Crippen LogP contribution in [0.1, 0.15) is 23.3 Å². The molecule has 0 spiro atoms. The quantitative estimate of drug-likeness (QED) is 0.921. The highest BCUT2D eigenvalue weighted by atomic mass is 19.4. The lowest BCUT2D eigenvalue weighted by molar-refractivity contribution is -0.136. The number of carboxylic acid groups (broad SMARTS) is 1. The summed E-state index contributed by atoms with van der Waals surface area (Å²) in [6.45, 7) is -0.0516. The van der Waals surface area contributed by atoms with E-state index in [0.29, 0.717) is 5.56 Å². The van der Waals surface area contributed by atoms with Gasteiger partial charge in [0.1, 0.15) is 5.69 Å². The highest BCUT2D eigenvalue weighted by Crippen LogP contribution is 2.25. The minimum atomic E-state index is -4.25. The van der Waals surface area contributed by atoms with E-state index >= 15 is 0 Å². The Morgan fingerprint density at radius 3 is 2.48 bits per heavy atom. The monoisotopic (exact) mass is 299 g/mol. The summed E-state index contributed by atoms with van der Waals surface area (Å²) >= 11 is 0. The zero-order valence-corrected chi connectivity index (χ0v) is 10.8. The van der Waals surface area contributed by atoms with E-state index in [1.54, 1.807) is 30.3 Å². The molecule has 0 radical (unpaired) electrons. The summed E-state index contributed by atoms with van der Waals surface area (Å²) in [5.41, 5.74) is 0.491. The van der Waals surface area contributed by atoms with Crippen LogP contribution in [0.2, 0.25) is 0 Å². The minimum absolute atomic E-state index is 0.0516. The Kier molecular flexibility index (Phi) is 4.25. The summed E-state index contributed by atoms with van der Waals surface area (Å²) in [7, 11) is 0. The molecule has 1 N–H and O–H groups in total. The highest BCUT2D eigenvalue weighted by Gasteiger charge is 2.27. The fourth-order valence-electron chi connectivity index (χ4n) is 1.92. The summed E-state index contributed by atoms with van der Waals surface area (Å²) in [5, 5.41) is 16.3. The van der Waals surface area contributed by atoms with Gasteiger partial charge in [0.15, 0.2) is 5.69 Å². The zero-order chi connectivity index (χ0) is 15.5. The van der Waals surface area contributed by atoms with Crippen LogP contribution in [0.25, 0.3) is 11.3 Å². The molecule has 21 heavy (non-hydrogen) atoms. The number of carbonyl (C=O) groups is 1. The fourth-order valence-corrected chi connectivity index (χ4v) is 1.92. The van der Waals surface area contributed by atoms with E-state index in [9.17, 15) is 18.0 Å². The molecule has 1 aromatic carbocycles. The zero-order valence-electron chi connectivity index (χ0n) is 10.8. The molecule has 2 aromatic rings. The molecule has 5 nitrogen and oxygen atoms in total. The average molecular weight is 299 g/mol. The van der Waals surface area contributed by atoms with Crippen molar-refractivity contribution in [1.82, 2.24) is 15.0 Å². The van der Waals surface area contributed by atoms with Crippen LogP contribution in [0, 0.1) is 0 Å². The first-order chi connectivity index (χ1) is 9.88. The molecule has 2 rings (SSSR count). The largest absolute Gasteiger partial charge is 0.476 e. The molecule has 0 atom stereocenters. The Morgan fingerprint density at radius 1 is 1.24 bits per heavy atom. The van der Waals surface area contributed by atoms with Crippen molar-refractivity contribution in [3.8, 4) is 11.3 Å². The van der Waals surface area contributed by atoms with Gasteiger partial charge >= 0.3 is 12.1 Å². The molecule has 8 heteroatoms. The summed E-state index contributed by atoms with van der Waals surface area (Å²) in [6.07, 6.45) is -5.39. The SMILES string of the molecule is O=C(O)c1nnn(CCCC(F)(F)F)c1-c1ccccc1. The molecule has 0 aliphatic carbocycles. The summed E-state index contributed by atoms with van der Waals surface area (Å²) in [6, 6.07) is 8.47. The summed E-state index contributed by atoms with van der Waals surface area (Å²) in [5.74, 6) is -1.27. The lowest BCUT2D eigenvalue weighted by atomic mass is 10.1. The number of aromatic nitrogens is 3. The van der Waals surface area contributed by atoms with Crippen LogP contribution in [-0.4, -0.2) is 32.2 Å². The molecule has 1 heterocycles. The standard InChI is InChI=1S/C13H12F3N3O2/c14-13(15,16)7-4-8-19-11(9-5-2-1-3-6-9)10(12(20)21)17-18-19/h1-3,5-6H,4,7-8H2,(H,20,21). The number of alkyl halides is 3. The van der Waals surface area contributed by atoms with Crippen LogP contribution in [0.15, 0.2) is 30.3 Å². The van der Waals surface area contributed by atoms with Crippen LogP contribution in [0.3, 0.4) is 0 Å². The van der Waals surface area contributed by atoms with E-state index in [-0.39, 0.29) is 24.4 Å². The number of hydrogen-bond donors (Lipinski definition) is 1. The van der Waals surface area contributed by atoms with Crippen LogP contribution in [-0.2, 0) is 6.54 Å². The van der Waals surface area contributed by atoms with Gasteiger partial charge < -0.3 is 5.11 Å². The smallest absolute Gasteiger partial charge is 0.389 e. The van der Waals surface area contributed by atoms with Crippen molar-refractivity contribution in [2.45, 2.75) is 25.6 Å². The average Bonchev–Trinajstić information content (AvgIpc) is 2.82. The lowest BCUT2D eigenvalue weighted by Gasteiger charge is -2.09. The first kappa shape index (κ1) is 15.0. The van der Waals surface area contributed by atoms with Crippen molar-refractivity contribution in [3.63, 3.8) is 0 Å². The Morgan fingerprint density at radius 2 is 1.90 bits per heavy atom. The van der Waals surface area contributed by atoms with Gasteiger partial charge in [0.25, 0.3) is 0 Å². The summed E-state index contributed by atoms with van der Waals surface area (Å²) in [4.78, 5) is 11.1. The molecule has 0 saturated carbocycles. The van der Waals surface area contributed by atoms with Gasteiger partial charge in [0, 0.05) is 18.5 Å². The van der Waals surface area contributed by atoms with Crippen molar-refractivity contribution >= 4 is 5.97 Å². The summed E-state index contributed by atoms with van der Waals surface area (Å²) < 4.78 is 37.7. The second-order valence-corrected chi connectivity index (χ2v) is 4.40. The molecule has 112 valence electrons. The van der Waals surface area contributed by atoms with Gasteiger partial charge in [-0.1, -0.05) is 35.5 Å². The van der Waals surface area contributed by atoms with Crippen molar-refractivity contribution in [2.75, 3.05) is 0 Å². The molecule has 0 bridgehead atoms. The normalized spacial score (nSPS) is 11.6. The van der Waals surface area contributed by atoms with Gasteiger partial charge in [-0.15, -0.1) is 5.10 Å². The van der Waals surface area contributed by atoms with Gasteiger partial charge in [-0.2, -0.15) is 13.2 Å². The highest BCUT2D eigenvalue weighted by molar-refractivity contribution is 5.92. The van der Waals surface area contributed by atoms with Crippen molar-refractivity contribution in [2.24, 2.45) is 0 Å². The maximum absolute atomic E-state index is 12.2. The molecular formula is C13H12F3N3O2. The topological polar surface area (TPSA) is 68.0 Å². The Labute approximate surface area is 118 Å². The molecule has 0 aliphatic heterocycles. The minimum Gasteiger partial charge on any atom is -0.476 e. The third kappa shape index (κ3) is 3.80. The number of hydrogen-bond acceptors (Lipinski definition) is 3. The van der Waals surface area contributed by atoms with Crippen molar-refractivity contribution in [1.29, 1.82) is 0 Å². The number of rotatable bonds is 5. The predicted octanol–water partition coefficient (Wildman–Crippen LogP) is 2.99. The van der Waals surface area contributed by atoms with Gasteiger partial charge in [-0.3, -0.25) is 0 Å². The third-order valence-corrected chi connectivity index (χ3v) is 2.82. The van der Waals surface area contributed by atoms with E-state index in [1.165, 1.54) is 4.68 Å². The van der Waals surface area contributed by atoms with E-state index in [4.69, 9.17) is 5.11 Å². The first-order valence-corrected chi connectivity index (χ1v) is 6.17. The number of nitrogens with zero attached hydrogens (tertiary/aromatic N) is 3. The van der Waals surface area contributed by atoms with Crippen LogP contribution in [0.4, 0.5) is 13.2 Å². The van der Waals surface area contributed by atoms with E-state index in [1.807, 2.05) is 0 Å². The van der Waals surface area contributed by atoms with Crippen LogP contribution >= 0.6 is 0 Å². The third-order valence-electron chi connectivity index (χ3n) is 2.82. The molecule has 0 aliphatic rings. The predicted molar refractivity (Wildman–Crippen MR) is 67.7 cm³/mol. The van der Waals surface area contributed by atoms with Crippen LogP contribution in [0.5, 0.6) is 0 Å². The van der Waals surface area contributed by atoms with Crippen LogP contribution < -0.4 is 0 Å².